The fraction of sp³-hybridized carbons (Fsp3) is 0.429. The number of nitrogens with one attached hydrogen (secondary N) is 1. The monoisotopic (exact) mass is 368 g/mol. The number of aromatic nitrogens is 1. The van der Waals surface area contributed by atoms with E-state index in [9.17, 15) is 4.79 Å². The van der Waals surface area contributed by atoms with Gasteiger partial charge < -0.3 is 9.30 Å². The van der Waals surface area contributed by atoms with Gasteiger partial charge in [-0.15, -0.1) is 0 Å². The van der Waals surface area contributed by atoms with E-state index in [4.69, 9.17) is 4.74 Å². The standard InChI is InChI=1S/C21H28N4O2/c1-15-6-5-7-20(17(15)3)25-16(2)12-19(18(25)4)13-22-23-21(26)14-24-8-10-27-11-9-24/h5-7,12-13H,8-11,14H2,1-4H3,(H,23,26)/b22-13+. The van der Waals surface area contributed by atoms with E-state index in [0.717, 1.165) is 30.0 Å². The molecule has 1 saturated heterocycles. The zero-order valence-electron chi connectivity index (χ0n) is 16.6. The van der Waals surface area contributed by atoms with Crippen molar-refractivity contribution in [3.05, 3.63) is 52.3 Å². The summed E-state index contributed by atoms with van der Waals surface area (Å²) < 4.78 is 7.53. The van der Waals surface area contributed by atoms with E-state index in [2.05, 4.69) is 72.0 Å². The molecule has 1 aromatic carbocycles. The Bertz CT molecular complexity index is 848. The lowest BCUT2D eigenvalue weighted by Crippen LogP contribution is -2.42. The lowest BCUT2D eigenvalue weighted by atomic mass is 10.1. The number of amides is 1. The maximum Gasteiger partial charge on any atom is 0.254 e. The van der Waals surface area contributed by atoms with Crippen LogP contribution < -0.4 is 5.43 Å². The molecule has 1 aromatic heterocycles. The summed E-state index contributed by atoms with van der Waals surface area (Å²) in [5, 5.41) is 4.16. The first kappa shape index (κ1) is 19.3. The summed E-state index contributed by atoms with van der Waals surface area (Å²) in [6.07, 6.45) is 1.72. The summed E-state index contributed by atoms with van der Waals surface area (Å²) in [6, 6.07) is 8.43. The lowest BCUT2D eigenvalue weighted by molar-refractivity contribution is -0.123. The zero-order chi connectivity index (χ0) is 19.4. The normalized spacial score (nSPS) is 15.4. The fourth-order valence-electron chi connectivity index (χ4n) is 3.44. The third kappa shape index (κ3) is 4.46. The van der Waals surface area contributed by atoms with Crippen LogP contribution >= 0.6 is 0 Å². The molecule has 0 spiro atoms. The molecule has 2 heterocycles. The Labute approximate surface area is 160 Å². The molecule has 3 rings (SSSR count). The van der Waals surface area contributed by atoms with Crippen molar-refractivity contribution in [2.24, 2.45) is 5.10 Å². The molecule has 1 fully saturated rings. The molecule has 27 heavy (non-hydrogen) atoms. The van der Waals surface area contributed by atoms with Crippen LogP contribution in [0.1, 0.15) is 28.1 Å². The second-order valence-corrected chi connectivity index (χ2v) is 7.06. The Morgan fingerprint density at radius 3 is 2.70 bits per heavy atom. The molecule has 1 aliphatic rings. The third-order valence-corrected chi connectivity index (χ3v) is 5.15. The highest BCUT2D eigenvalue weighted by atomic mass is 16.5. The average Bonchev–Trinajstić information content (AvgIpc) is 2.92. The third-order valence-electron chi connectivity index (χ3n) is 5.15. The van der Waals surface area contributed by atoms with Crippen LogP contribution in [0.4, 0.5) is 0 Å². The highest BCUT2D eigenvalue weighted by Gasteiger charge is 2.14. The predicted octanol–water partition coefficient (Wildman–Crippen LogP) is 2.49. The number of rotatable bonds is 5. The van der Waals surface area contributed by atoms with E-state index in [-0.39, 0.29) is 5.91 Å². The highest BCUT2D eigenvalue weighted by Crippen LogP contribution is 2.24. The van der Waals surface area contributed by atoms with Crippen LogP contribution in [0.2, 0.25) is 0 Å². The summed E-state index contributed by atoms with van der Waals surface area (Å²) in [5.41, 5.74) is 9.59. The van der Waals surface area contributed by atoms with E-state index >= 15 is 0 Å². The summed E-state index contributed by atoms with van der Waals surface area (Å²) in [7, 11) is 0. The van der Waals surface area contributed by atoms with Crippen LogP contribution in [0.15, 0.2) is 29.4 Å². The molecule has 1 amide bonds. The van der Waals surface area contributed by atoms with Crippen LogP contribution in [0.3, 0.4) is 0 Å². The van der Waals surface area contributed by atoms with Crippen LogP contribution in [-0.4, -0.2) is 54.4 Å². The Balaban J connectivity index is 1.70. The van der Waals surface area contributed by atoms with Crippen molar-refractivity contribution < 1.29 is 9.53 Å². The quantitative estimate of drug-likeness (QED) is 0.652. The molecule has 0 bridgehead atoms. The van der Waals surface area contributed by atoms with Crippen molar-refractivity contribution in [2.75, 3.05) is 32.8 Å². The Kier molecular flexibility index (Phi) is 6.08. The molecule has 6 nitrogen and oxygen atoms in total. The van der Waals surface area contributed by atoms with Gasteiger partial charge in [-0.1, -0.05) is 12.1 Å². The molecule has 0 aliphatic carbocycles. The molecule has 0 atom stereocenters. The van der Waals surface area contributed by atoms with Gasteiger partial charge in [0.25, 0.3) is 5.91 Å². The first-order valence-corrected chi connectivity index (χ1v) is 9.35. The fourth-order valence-corrected chi connectivity index (χ4v) is 3.44. The van der Waals surface area contributed by atoms with Crippen molar-refractivity contribution in [3.8, 4) is 5.69 Å². The number of morpholine rings is 1. The number of benzene rings is 1. The summed E-state index contributed by atoms with van der Waals surface area (Å²) >= 11 is 0. The van der Waals surface area contributed by atoms with Crippen molar-refractivity contribution in [3.63, 3.8) is 0 Å². The highest BCUT2D eigenvalue weighted by molar-refractivity contribution is 5.84. The summed E-state index contributed by atoms with van der Waals surface area (Å²) in [5.74, 6) is -0.100. The largest absolute Gasteiger partial charge is 0.379 e. The predicted molar refractivity (Wildman–Crippen MR) is 108 cm³/mol. The number of carbonyl (C=O) groups excluding carboxylic acids is 1. The Morgan fingerprint density at radius 2 is 1.96 bits per heavy atom. The minimum atomic E-state index is -0.100. The van der Waals surface area contributed by atoms with Gasteiger partial charge in [-0.2, -0.15) is 5.10 Å². The van der Waals surface area contributed by atoms with Crippen LogP contribution in [0.5, 0.6) is 0 Å². The Morgan fingerprint density at radius 1 is 1.22 bits per heavy atom. The minimum absolute atomic E-state index is 0.100. The Hall–Kier alpha value is -2.44. The van der Waals surface area contributed by atoms with Gasteiger partial charge in [0.1, 0.15) is 0 Å². The topological polar surface area (TPSA) is 58.9 Å². The van der Waals surface area contributed by atoms with E-state index in [1.54, 1.807) is 6.21 Å². The van der Waals surface area contributed by atoms with Crippen molar-refractivity contribution >= 4 is 12.1 Å². The van der Waals surface area contributed by atoms with Crippen molar-refractivity contribution in [2.45, 2.75) is 27.7 Å². The molecule has 1 N–H and O–H groups in total. The molecule has 144 valence electrons. The summed E-state index contributed by atoms with van der Waals surface area (Å²) in [6.45, 7) is 11.7. The van der Waals surface area contributed by atoms with Gasteiger partial charge in [0, 0.05) is 35.7 Å². The van der Waals surface area contributed by atoms with Gasteiger partial charge in [-0.3, -0.25) is 9.69 Å². The van der Waals surface area contributed by atoms with E-state index < -0.39 is 0 Å². The first-order valence-electron chi connectivity index (χ1n) is 9.35. The van der Waals surface area contributed by atoms with Crippen molar-refractivity contribution in [1.29, 1.82) is 0 Å². The average molecular weight is 368 g/mol. The van der Waals surface area contributed by atoms with Gasteiger partial charge in [-0.05, 0) is 51.0 Å². The second kappa shape index (κ2) is 8.50. The van der Waals surface area contributed by atoms with Gasteiger partial charge in [-0.25, -0.2) is 5.43 Å². The van der Waals surface area contributed by atoms with Crippen molar-refractivity contribution in [1.82, 2.24) is 14.9 Å². The number of ether oxygens (including phenoxy) is 1. The lowest BCUT2D eigenvalue weighted by Gasteiger charge is -2.25. The molecule has 0 saturated carbocycles. The molecule has 0 unspecified atom stereocenters. The maximum absolute atomic E-state index is 12.0. The molecule has 0 radical (unpaired) electrons. The number of aryl methyl sites for hydroxylation is 2. The second-order valence-electron chi connectivity index (χ2n) is 7.06. The molecule has 6 heteroatoms. The minimum Gasteiger partial charge on any atom is -0.379 e. The molecular weight excluding hydrogens is 340 g/mol. The van der Waals surface area contributed by atoms with Gasteiger partial charge in [0.05, 0.1) is 26.0 Å². The van der Waals surface area contributed by atoms with Crippen LogP contribution in [-0.2, 0) is 9.53 Å². The smallest absolute Gasteiger partial charge is 0.254 e. The SMILES string of the molecule is Cc1cccc(-n2c(C)cc(/C=N/NC(=O)CN3CCOCC3)c2C)c1C. The van der Waals surface area contributed by atoms with Crippen LogP contribution in [0, 0.1) is 27.7 Å². The van der Waals surface area contributed by atoms with E-state index in [1.165, 1.54) is 16.8 Å². The number of hydrogen-bond acceptors (Lipinski definition) is 4. The molecular formula is C21H28N4O2. The van der Waals surface area contributed by atoms with Gasteiger partial charge in [0.15, 0.2) is 0 Å². The first-order chi connectivity index (χ1) is 13.0. The van der Waals surface area contributed by atoms with E-state index in [0.29, 0.717) is 19.8 Å². The van der Waals surface area contributed by atoms with E-state index in [1.807, 2.05) is 0 Å². The number of nitrogens with zero attached hydrogens (tertiary/aromatic N) is 3. The van der Waals surface area contributed by atoms with Gasteiger partial charge in [0.2, 0.25) is 0 Å². The zero-order valence-corrected chi connectivity index (χ0v) is 16.6. The summed E-state index contributed by atoms with van der Waals surface area (Å²) in [4.78, 5) is 14.1. The molecule has 2 aromatic rings. The number of hydrogen-bond donors (Lipinski definition) is 1. The number of hydrazone groups is 1. The maximum atomic E-state index is 12.0. The molecule has 1 aliphatic heterocycles. The number of carbonyl (C=O) groups is 1. The van der Waals surface area contributed by atoms with Crippen LogP contribution in [0.25, 0.3) is 5.69 Å². The van der Waals surface area contributed by atoms with Gasteiger partial charge >= 0.3 is 0 Å².